The minimum absolute atomic E-state index is 0.124. The van der Waals surface area contributed by atoms with E-state index in [2.05, 4.69) is 20.5 Å². The summed E-state index contributed by atoms with van der Waals surface area (Å²) in [6.07, 6.45) is 1.96. The van der Waals surface area contributed by atoms with Crippen molar-refractivity contribution < 1.29 is 9.21 Å². The molecule has 3 rings (SSSR count). The number of amides is 1. The minimum Gasteiger partial charge on any atom is -0.415 e. The lowest BCUT2D eigenvalue weighted by molar-refractivity contribution is -0.113. The SMILES string of the molecule is CSCc1nnc(SCC(=O)Nc2cccc(-c3csc(C)n3)c2)o1. The molecular formula is C16H16N4O2S3. The quantitative estimate of drug-likeness (QED) is 0.606. The number of carbonyl (C=O) groups excluding carboxylic acids is 1. The average Bonchev–Trinajstić information content (AvgIpc) is 3.23. The number of rotatable bonds is 7. The van der Waals surface area contributed by atoms with Gasteiger partial charge in [-0.1, -0.05) is 23.9 Å². The number of aromatic nitrogens is 3. The summed E-state index contributed by atoms with van der Waals surface area (Å²) < 4.78 is 5.44. The topological polar surface area (TPSA) is 80.9 Å². The van der Waals surface area contributed by atoms with Crippen molar-refractivity contribution >= 4 is 46.5 Å². The van der Waals surface area contributed by atoms with Crippen LogP contribution in [0.2, 0.25) is 0 Å². The summed E-state index contributed by atoms with van der Waals surface area (Å²) in [5, 5.41) is 14.1. The van der Waals surface area contributed by atoms with Gasteiger partial charge in [-0.25, -0.2) is 4.98 Å². The fraction of sp³-hybridized carbons (Fsp3) is 0.250. The molecule has 3 aromatic rings. The minimum atomic E-state index is -0.124. The van der Waals surface area contributed by atoms with Gasteiger partial charge in [0.05, 0.1) is 22.2 Å². The highest BCUT2D eigenvalue weighted by molar-refractivity contribution is 7.99. The van der Waals surface area contributed by atoms with Crippen LogP contribution in [0, 0.1) is 6.92 Å². The van der Waals surface area contributed by atoms with Crippen LogP contribution in [0.4, 0.5) is 5.69 Å². The van der Waals surface area contributed by atoms with Gasteiger partial charge in [-0.15, -0.1) is 21.5 Å². The van der Waals surface area contributed by atoms with Gasteiger partial charge in [0.25, 0.3) is 5.22 Å². The van der Waals surface area contributed by atoms with Gasteiger partial charge < -0.3 is 9.73 Å². The van der Waals surface area contributed by atoms with Gasteiger partial charge in [-0.05, 0) is 25.3 Å². The highest BCUT2D eigenvalue weighted by Crippen LogP contribution is 2.24. The summed E-state index contributed by atoms with van der Waals surface area (Å²) in [5.74, 6) is 1.33. The van der Waals surface area contributed by atoms with Crippen molar-refractivity contribution in [2.75, 3.05) is 17.3 Å². The van der Waals surface area contributed by atoms with Crippen molar-refractivity contribution in [3.8, 4) is 11.3 Å². The lowest BCUT2D eigenvalue weighted by Crippen LogP contribution is -2.14. The smallest absolute Gasteiger partial charge is 0.277 e. The first-order chi connectivity index (χ1) is 12.1. The second-order valence-electron chi connectivity index (χ2n) is 5.06. The van der Waals surface area contributed by atoms with E-state index in [1.165, 1.54) is 11.8 Å². The van der Waals surface area contributed by atoms with Crippen LogP contribution in [-0.2, 0) is 10.5 Å². The molecule has 0 atom stereocenters. The molecule has 2 aromatic heterocycles. The molecule has 0 aliphatic heterocycles. The molecule has 0 bridgehead atoms. The van der Waals surface area contributed by atoms with Crippen molar-refractivity contribution in [3.63, 3.8) is 0 Å². The Morgan fingerprint density at radius 3 is 3.00 bits per heavy atom. The van der Waals surface area contributed by atoms with Gasteiger partial charge in [0.2, 0.25) is 11.8 Å². The maximum atomic E-state index is 12.1. The van der Waals surface area contributed by atoms with Crippen LogP contribution in [0.25, 0.3) is 11.3 Å². The van der Waals surface area contributed by atoms with Gasteiger partial charge >= 0.3 is 0 Å². The van der Waals surface area contributed by atoms with Crippen LogP contribution in [-0.4, -0.2) is 33.1 Å². The van der Waals surface area contributed by atoms with E-state index in [9.17, 15) is 4.79 Å². The molecule has 0 saturated heterocycles. The first-order valence-corrected chi connectivity index (χ1v) is 10.7. The zero-order valence-electron chi connectivity index (χ0n) is 13.7. The summed E-state index contributed by atoms with van der Waals surface area (Å²) in [4.78, 5) is 16.6. The predicted molar refractivity (Wildman–Crippen MR) is 103 cm³/mol. The van der Waals surface area contributed by atoms with Crippen molar-refractivity contribution in [2.24, 2.45) is 0 Å². The average molecular weight is 393 g/mol. The third-order valence-corrected chi connectivity index (χ3v) is 5.23. The molecule has 0 aliphatic rings. The Bertz CT molecular complexity index is 862. The van der Waals surface area contributed by atoms with E-state index in [4.69, 9.17) is 4.42 Å². The summed E-state index contributed by atoms with van der Waals surface area (Å²) in [6, 6.07) is 7.65. The molecule has 1 N–H and O–H groups in total. The lowest BCUT2D eigenvalue weighted by atomic mass is 10.1. The van der Waals surface area contributed by atoms with E-state index in [1.807, 2.05) is 42.8 Å². The van der Waals surface area contributed by atoms with Gasteiger partial charge in [-0.3, -0.25) is 4.79 Å². The van der Waals surface area contributed by atoms with E-state index < -0.39 is 0 Å². The predicted octanol–water partition coefficient (Wildman–Crippen LogP) is 4.10. The normalized spacial score (nSPS) is 10.8. The summed E-state index contributed by atoms with van der Waals surface area (Å²) in [7, 11) is 0. The zero-order chi connectivity index (χ0) is 17.6. The highest BCUT2D eigenvalue weighted by atomic mass is 32.2. The molecule has 0 saturated carbocycles. The second kappa shape index (κ2) is 8.50. The van der Waals surface area contributed by atoms with Crippen molar-refractivity contribution in [1.29, 1.82) is 0 Å². The Hall–Kier alpha value is -1.84. The van der Waals surface area contributed by atoms with Gasteiger partial charge in [0, 0.05) is 16.6 Å². The van der Waals surface area contributed by atoms with Crippen LogP contribution in [0.15, 0.2) is 39.3 Å². The molecule has 0 unspecified atom stereocenters. The standard InChI is InChI=1S/C16H16N4O2S3/c1-10-17-13(7-24-10)11-4-3-5-12(6-11)18-14(21)8-25-16-20-19-15(22-16)9-23-2/h3-7H,8-9H2,1-2H3,(H,18,21). The molecule has 25 heavy (non-hydrogen) atoms. The largest absolute Gasteiger partial charge is 0.415 e. The molecule has 0 radical (unpaired) electrons. The van der Waals surface area contributed by atoms with Crippen LogP contribution in [0.5, 0.6) is 0 Å². The first-order valence-electron chi connectivity index (χ1n) is 7.40. The molecule has 1 aromatic carbocycles. The third kappa shape index (κ3) is 5.07. The van der Waals surface area contributed by atoms with Crippen LogP contribution < -0.4 is 5.32 Å². The number of benzene rings is 1. The third-order valence-electron chi connectivity index (χ3n) is 3.10. The maximum absolute atomic E-state index is 12.1. The molecule has 0 aliphatic carbocycles. The van der Waals surface area contributed by atoms with E-state index >= 15 is 0 Å². The summed E-state index contributed by atoms with van der Waals surface area (Å²) in [6.45, 7) is 1.97. The van der Waals surface area contributed by atoms with Crippen LogP contribution in [0.1, 0.15) is 10.9 Å². The Labute approximate surface area is 157 Å². The Balaban J connectivity index is 1.57. The fourth-order valence-electron chi connectivity index (χ4n) is 2.05. The number of anilines is 1. The summed E-state index contributed by atoms with van der Waals surface area (Å²) >= 11 is 4.44. The van der Waals surface area contributed by atoms with E-state index in [-0.39, 0.29) is 11.7 Å². The summed E-state index contributed by atoms with van der Waals surface area (Å²) in [5.41, 5.74) is 2.64. The van der Waals surface area contributed by atoms with Crippen LogP contribution >= 0.6 is 34.9 Å². The lowest BCUT2D eigenvalue weighted by Gasteiger charge is -2.05. The molecule has 130 valence electrons. The molecule has 9 heteroatoms. The van der Waals surface area contributed by atoms with Gasteiger partial charge in [0.1, 0.15) is 0 Å². The Morgan fingerprint density at radius 1 is 1.36 bits per heavy atom. The number of thiazole rings is 1. The number of nitrogens with one attached hydrogen (secondary N) is 1. The number of hydrogen-bond donors (Lipinski definition) is 1. The van der Waals surface area contributed by atoms with Crippen LogP contribution in [0.3, 0.4) is 0 Å². The Kier molecular flexibility index (Phi) is 6.11. The van der Waals surface area contributed by atoms with E-state index in [0.717, 1.165) is 22.0 Å². The maximum Gasteiger partial charge on any atom is 0.277 e. The number of aryl methyl sites for hydroxylation is 1. The molecule has 2 heterocycles. The van der Waals surface area contributed by atoms with Crippen molar-refractivity contribution in [1.82, 2.24) is 15.2 Å². The Morgan fingerprint density at radius 2 is 2.24 bits per heavy atom. The molecule has 0 spiro atoms. The molecule has 0 fully saturated rings. The monoisotopic (exact) mass is 392 g/mol. The number of nitrogens with zero attached hydrogens (tertiary/aromatic N) is 3. The number of thioether (sulfide) groups is 2. The number of carbonyl (C=O) groups is 1. The number of hydrogen-bond acceptors (Lipinski definition) is 8. The molecule has 1 amide bonds. The van der Waals surface area contributed by atoms with E-state index in [0.29, 0.717) is 16.9 Å². The molecular weight excluding hydrogens is 376 g/mol. The second-order valence-corrected chi connectivity index (χ2v) is 7.92. The van der Waals surface area contributed by atoms with Gasteiger partial charge in [0.15, 0.2) is 0 Å². The van der Waals surface area contributed by atoms with Gasteiger partial charge in [-0.2, -0.15) is 11.8 Å². The van der Waals surface area contributed by atoms with E-state index in [1.54, 1.807) is 23.1 Å². The van der Waals surface area contributed by atoms with Crippen molar-refractivity contribution in [2.45, 2.75) is 17.9 Å². The highest BCUT2D eigenvalue weighted by Gasteiger charge is 2.10. The fourth-order valence-corrected chi connectivity index (χ4v) is 3.62. The zero-order valence-corrected chi connectivity index (χ0v) is 16.1. The first kappa shape index (κ1) is 18.0. The molecule has 6 nitrogen and oxygen atoms in total. The van der Waals surface area contributed by atoms with Crippen molar-refractivity contribution in [3.05, 3.63) is 40.5 Å².